The predicted molar refractivity (Wildman–Crippen MR) is 84.6 cm³/mol. The zero-order valence-corrected chi connectivity index (χ0v) is 15.0. The van der Waals surface area contributed by atoms with Crippen LogP contribution in [0.4, 0.5) is 0 Å². The second-order valence-electron chi connectivity index (χ2n) is 5.49. The molecule has 0 saturated carbocycles. The van der Waals surface area contributed by atoms with Gasteiger partial charge in [-0.3, -0.25) is 0 Å². The van der Waals surface area contributed by atoms with Gasteiger partial charge in [0.1, 0.15) is 0 Å². The third-order valence-electron chi connectivity index (χ3n) is 3.37. The summed E-state index contributed by atoms with van der Waals surface area (Å²) >= 11 is 0. The van der Waals surface area contributed by atoms with Crippen LogP contribution in [0.25, 0.3) is 0 Å². The van der Waals surface area contributed by atoms with E-state index >= 15 is 0 Å². The van der Waals surface area contributed by atoms with E-state index in [1.54, 1.807) is 0 Å². The zero-order valence-electron chi connectivity index (χ0n) is 13.2. The Morgan fingerprint density at radius 1 is 0.750 bits per heavy atom. The fraction of sp³-hybridized carbons (Fsp3) is 0.444. The van der Waals surface area contributed by atoms with Crippen LogP contribution in [-0.4, -0.2) is 17.0 Å². The van der Waals surface area contributed by atoms with Crippen LogP contribution in [0.3, 0.4) is 0 Å². The molecule has 20 heavy (non-hydrogen) atoms. The average molecular weight is 358 g/mol. The van der Waals surface area contributed by atoms with Crippen molar-refractivity contribution in [1.29, 1.82) is 0 Å². The molecule has 0 aromatic heterocycles. The van der Waals surface area contributed by atoms with Crippen LogP contribution in [0.2, 0.25) is 0 Å². The average Bonchev–Trinajstić information content (AvgIpc) is 3.05. The summed E-state index contributed by atoms with van der Waals surface area (Å²) in [5.74, 6) is 0. The minimum Gasteiger partial charge on any atom is -0.748 e. The van der Waals surface area contributed by atoms with Gasteiger partial charge in [0, 0.05) is 31.6 Å². The van der Waals surface area contributed by atoms with Crippen molar-refractivity contribution in [2.75, 3.05) is 0 Å². The number of nitrogens with zero attached hydrogens (tertiary/aromatic N) is 1. The molecule has 0 spiro atoms. The van der Waals surface area contributed by atoms with Crippen molar-refractivity contribution >= 4 is 0 Å². The number of hydrogen-bond acceptors (Lipinski definition) is 1. The Kier molecular flexibility index (Phi) is 9.71. The van der Waals surface area contributed by atoms with Crippen LogP contribution in [0.1, 0.15) is 46.2 Å². The van der Waals surface area contributed by atoms with E-state index in [1.807, 2.05) is 30.3 Å². The minimum atomic E-state index is 0. The molecule has 0 heterocycles. The van der Waals surface area contributed by atoms with Crippen molar-refractivity contribution in [3.05, 3.63) is 60.2 Å². The molecule has 0 N–H and O–H groups in total. The third-order valence-corrected chi connectivity index (χ3v) is 3.37. The molecule has 1 atom stereocenters. The van der Waals surface area contributed by atoms with E-state index in [9.17, 15) is 0 Å². The molecule has 118 valence electrons. The normalized spacial score (nSPS) is 12.0. The van der Waals surface area contributed by atoms with Gasteiger partial charge >= 0.3 is 0 Å². The Hall–Kier alpha value is -0.717. The maximum Gasteiger partial charge on any atom is 0.00365 e. The van der Waals surface area contributed by atoms with Crippen molar-refractivity contribution in [2.24, 2.45) is 0 Å². The maximum atomic E-state index is 2.54. The maximum absolute atomic E-state index is 2.54. The first-order valence-corrected chi connectivity index (χ1v) is 7.19. The van der Waals surface area contributed by atoms with Gasteiger partial charge in [-0.25, -0.2) is 12.1 Å². The first kappa shape index (κ1) is 19.3. The van der Waals surface area contributed by atoms with Gasteiger partial charge in [-0.15, -0.1) is 5.56 Å². The van der Waals surface area contributed by atoms with E-state index in [2.05, 4.69) is 63.8 Å². The summed E-state index contributed by atoms with van der Waals surface area (Å²) in [7, 11) is 0. The SMILES string of the molecule is CC(C)N(C(C)C)C(C)[c-]1cccc1.[Ru].[cH-]1[cH-][cH-][cH-][cH-]1. The predicted octanol–water partition coefficient (Wildman–Crippen LogP) is 4.99. The van der Waals surface area contributed by atoms with E-state index in [4.69, 9.17) is 0 Å². The second kappa shape index (κ2) is 10.1. The number of rotatable bonds is 4. The Bertz CT molecular complexity index is 375. The van der Waals surface area contributed by atoms with Crippen molar-refractivity contribution in [3.63, 3.8) is 0 Å². The summed E-state index contributed by atoms with van der Waals surface area (Å²) < 4.78 is 0. The van der Waals surface area contributed by atoms with Crippen LogP contribution in [0.15, 0.2) is 54.6 Å². The van der Waals surface area contributed by atoms with Crippen molar-refractivity contribution in [2.45, 2.75) is 52.7 Å². The molecule has 0 aliphatic carbocycles. The molecule has 0 saturated heterocycles. The summed E-state index contributed by atoms with van der Waals surface area (Å²) in [6, 6.07) is 20.4. The standard InChI is InChI=1S/C13H22N.C5H5.Ru/c1-10(2)14(11(3)4)12(5)13-8-6-7-9-13;1-2-4-5-3-1;/h6-12H,1-5H3;1-5H;/q-1;-5;. The third kappa shape index (κ3) is 6.16. The molecule has 2 aromatic rings. The van der Waals surface area contributed by atoms with Crippen molar-refractivity contribution in [3.8, 4) is 0 Å². The number of hydrogen-bond donors (Lipinski definition) is 0. The molecule has 2 rings (SSSR count). The monoisotopic (exact) mass is 359 g/mol. The molecule has 1 nitrogen and oxygen atoms in total. The smallest absolute Gasteiger partial charge is 0.00365 e. The van der Waals surface area contributed by atoms with E-state index < -0.39 is 0 Å². The van der Waals surface area contributed by atoms with Gasteiger partial charge in [0.2, 0.25) is 0 Å². The molecule has 0 aliphatic rings. The molecule has 2 aromatic carbocycles. The Morgan fingerprint density at radius 3 is 1.40 bits per heavy atom. The van der Waals surface area contributed by atoms with Gasteiger partial charge in [0.15, 0.2) is 0 Å². The van der Waals surface area contributed by atoms with Gasteiger partial charge in [0.25, 0.3) is 0 Å². The Labute approximate surface area is 137 Å². The first-order valence-electron chi connectivity index (χ1n) is 7.19. The summed E-state index contributed by atoms with van der Waals surface area (Å²) in [5, 5.41) is 0. The van der Waals surface area contributed by atoms with E-state index in [0.717, 1.165) is 0 Å². The summed E-state index contributed by atoms with van der Waals surface area (Å²) in [5.41, 5.74) is 1.42. The molecule has 2 heteroatoms. The topological polar surface area (TPSA) is 3.24 Å². The van der Waals surface area contributed by atoms with Crippen LogP contribution < -0.4 is 0 Å². The van der Waals surface area contributed by atoms with Crippen LogP contribution in [0, 0.1) is 0 Å². The first-order chi connectivity index (χ1) is 9.04. The zero-order chi connectivity index (χ0) is 14.3. The van der Waals surface area contributed by atoms with Gasteiger partial charge in [-0.2, -0.15) is 12.1 Å². The Morgan fingerprint density at radius 2 is 1.10 bits per heavy atom. The summed E-state index contributed by atoms with van der Waals surface area (Å²) in [6.45, 7) is 11.3. The second-order valence-corrected chi connectivity index (χ2v) is 5.49. The van der Waals surface area contributed by atoms with Gasteiger partial charge in [-0.05, 0) is 33.7 Å². The molecule has 0 bridgehead atoms. The quantitative estimate of drug-likeness (QED) is 0.550. The largest absolute Gasteiger partial charge is 0.748 e. The molecular weight excluding hydrogens is 331 g/mol. The Balaban J connectivity index is 0.000000507. The van der Waals surface area contributed by atoms with Gasteiger partial charge in [-0.1, -0.05) is 6.92 Å². The van der Waals surface area contributed by atoms with E-state index in [0.29, 0.717) is 18.1 Å². The van der Waals surface area contributed by atoms with Crippen LogP contribution in [-0.2, 0) is 19.5 Å². The van der Waals surface area contributed by atoms with E-state index in [-0.39, 0.29) is 19.5 Å². The van der Waals surface area contributed by atoms with Gasteiger partial charge in [0.05, 0.1) is 0 Å². The summed E-state index contributed by atoms with van der Waals surface area (Å²) in [6.07, 6.45) is 0. The molecule has 0 fully saturated rings. The molecule has 0 amide bonds. The fourth-order valence-electron chi connectivity index (χ4n) is 2.65. The molecule has 0 radical (unpaired) electrons. The van der Waals surface area contributed by atoms with Crippen molar-refractivity contribution < 1.29 is 19.5 Å². The fourth-order valence-corrected chi connectivity index (χ4v) is 2.65. The summed E-state index contributed by atoms with van der Waals surface area (Å²) in [4.78, 5) is 2.54. The van der Waals surface area contributed by atoms with Crippen LogP contribution in [0.5, 0.6) is 0 Å². The molecular formula is C18H27NRu-6. The van der Waals surface area contributed by atoms with Crippen LogP contribution >= 0.6 is 0 Å². The minimum absolute atomic E-state index is 0. The van der Waals surface area contributed by atoms with Gasteiger partial charge < -0.3 is 35.2 Å². The molecule has 0 aliphatic heterocycles. The van der Waals surface area contributed by atoms with E-state index in [1.165, 1.54) is 5.56 Å². The molecule has 1 unspecified atom stereocenters. The van der Waals surface area contributed by atoms with Crippen molar-refractivity contribution in [1.82, 2.24) is 4.90 Å².